The Bertz CT molecular complexity index is 366. The van der Waals surface area contributed by atoms with Crippen LogP contribution in [0, 0.1) is 6.92 Å². The van der Waals surface area contributed by atoms with Gasteiger partial charge in [0.15, 0.2) is 0 Å². The van der Waals surface area contributed by atoms with E-state index in [1.165, 1.54) is 0 Å². The van der Waals surface area contributed by atoms with Crippen molar-refractivity contribution in [1.82, 2.24) is 0 Å². The highest BCUT2D eigenvalue weighted by atomic mass is 35.5. The van der Waals surface area contributed by atoms with Gasteiger partial charge in [0, 0.05) is 10.7 Å². The Labute approximate surface area is 94.6 Å². The number of nitrogens with two attached hydrogens (primary N) is 1. The lowest BCUT2D eigenvalue weighted by atomic mass is 10.2. The molecule has 1 aromatic carbocycles. The molecule has 0 aliphatic carbocycles. The van der Waals surface area contributed by atoms with Crippen LogP contribution in [0.4, 0.5) is 5.69 Å². The number of aryl methyl sites for hydroxylation is 1. The number of benzene rings is 1. The third kappa shape index (κ3) is 3.22. The maximum atomic E-state index is 11.5. The maximum Gasteiger partial charge on any atom is 0.241 e. The summed E-state index contributed by atoms with van der Waals surface area (Å²) < 4.78 is 0. The van der Waals surface area contributed by atoms with Crippen LogP contribution in [0.1, 0.15) is 18.9 Å². The molecule has 4 heteroatoms. The van der Waals surface area contributed by atoms with E-state index in [9.17, 15) is 4.79 Å². The Kier molecular flexibility index (Phi) is 4.12. The minimum absolute atomic E-state index is 0.183. The molecule has 1 amide bonds. The van der Waals surface area contributed by atoms with Gasteiger partial charge < -0.3 is 11.1 Å². The maximum absolute atomic E-state index is 11.5. The molecule has 1 unspecified atom stereocenters. The number of amides is 1. The molecule has 82 valence electrons. The SMILES string of the molecule is CCC(N)C(=O)Nc1ccc(C)c(Cl)c1. The fourth-order valence-electron chi connectivity index (χ4n) is 1.09. The Balaban J connectivity index is 2.73. The second-order valence-corrected chi connectivity index (χ2v) is 3.88. The number of rotatable bonds is 3. The first kappa shape index (κ1) is 12.0. The molecule has 0 fully saturated rings. The lowest BCUT2D eigenvalue weighted by Gasteiger charge is -2.10. The number of hydrogen-bond donors (Lipinski definition) is 2. The van der Waals surface area contributed by atoms with E-state index in [2.05, 4.69) is 5.32 Å². The number of carbonyl (C=O) groups excluding carboxylic acids is 1. The molecule has 0 heterocycles. The third-order valence-electron chi connectivity index (χ3n) is 2.22. The molecule has 0 saturated carbocycles. The Hall–Kier alpha value is -1.06. The highest BCUT2D eigenvalue weighted by molar-refractivity contribution is 6.31. The second kappa shape index (κ2) is 5.14. The molecular formula is C11H15ClN2O. The molecule has 0 saturated heterocycles. The smallest absolute Gasteiger partial charge is 0.241 e. The zero-order valence-corrected chi connectivity index (χ0v) is 9.64. The van der Waals surface area contributed by atoms with Crippen LogP contribution in [0.15, 0.2) is 18.2 Å². The largest absolute Gasteiger partial charge is 0.325 e. The molecule has 1 rings (SSSR count). The molecule has 1 aromatic rings. The number of nitrogens with one attached hydrogen (secondary N) is 1. The van der Waals surface area contributed by atoms with Gasteiger partial charge in [-0.2, -0.15) is 0 Å². The van der Waals surface area contributed by atoms with Gasteiger partial charge in [0.05, 0.1) is 6.04 Å². The van der Waals surface area contributed by atoms with E-state index in [4.69, 9.17) is 17.3 Å². The van der Waals surface area contributed by atoms with Crippen LogP contribution in [-0.4, -0.2) is 11.9 Å². The van der Waals surface area contributed by atoms with Crippen molar-refractivity contribution >= 4 is 23.2 Å². The normalized spacial score (nSPS) is 12.3. The summed E-state index contributed by atoms with van der Waals surface area (Å²) in [4.78, 5) is 11.5. The van der Waals surface area contributed by atoms with Crippen molar-refractivity contribution in [1.29, 1.82) is 0 Å². The predicted octanol–water partition coefficient (Wildman–Crippen LogP) is 2.32. The van der Waals surface area contributed by atoms with Crippen molar-refractivity contribution in [2.24, 2.45) is 5.73 Å². The molecular weight excluding hydrogens is 212 g/mol. The van der Waals surface area contributed by atoms with Gasteiger partial charge in [-0.3, -0.25) is 4.79 Å². The molecule has 0 aliphatic heterocycles. The zero-order chi connectivity index (χ0) is 11.4. The van der Waals surface area contributed by atoms with Crippen LogP contribution in [0.25, 0.3) is 0 Å². The van der Waals surface area contributed by atoms with Crippen LogP contribution in [0.2, 0.25) is 5.02 Å². The van der Waals surface area contributed by atoms with E-state index in [1.807, 2.05) is 26.0 Å². The lowest BCUT2D eigenvalue weighted by molar-refractivity contribution is -0.117. The van der Waals surface area contributed by atoms with Gasteiger partial charge in [-0.15, -0.1) is 0 Å². The van der Waals surface area contributed by atoms with Crippen molar-refractivity contribution in [3.8, 4) is 0 Å². The molecule has 0 bridgehead atoms. The van der Waals surface area contributed by atoms with Gasteiger partial charge in [-0.05, 0) is 31.0 Å². The van der Waals surface area contributed by atoms with E-state index in [0.29, 0.717) is 17.1 Å². The minimum Gasteiger partial charge on any atom is -0.325 e. The molecule has 0 aliphatic rings. The topological polar surface area (TPSA) is 55.1 Å². The third-order valence-corrected chi connectivity index (χ3v) is 2.62. The number of anilines is 1. The standard InChI is InChI=1S/C11H15ClN2O/c1-3-10(13)11(15)14-8-5-4-7(2)9(12)6-8/h4-6,10H,3,13H2,1-2H3,(H,14,15). The van der Waals surface area contributed by atoms with E-state index in [-0.39, 0.29) is 5.91 Å². The van der Waals surface area contributed by atoms with Crippen LogP contribution in [-0.2, 0) is 4.79 Å². The van der Waals surface area contributed by atoms with Gasteiger partial charge in [0.25, 0.3) is 0 Å². The first-order valence-corrected chi connectivity index (χ1v) is 5.25. The first-order chi connectivity index (χ1) is 7.04. The summed E-state index contributed by atoms with van der Waals surface area (Å²) in [7, 11) is 0. The van der Waals surface area contributed by atoms with Crippen molar-refractivity contribution in [3.63, 3.8) is 0 Å². The monoisotopic (exact) mass is 226 g/mol. The molecule has 0 spiro atoms. The van der Waals surface area contributed by atoms with Gasteiger partial charge in [-0.25, -0.2) is 0 Å². The summed E-state index contributed by atoms with van der Waals surface area (Å²) in [5.41, 5.74) is 7.25. The van der Waals surface area contributed by atoms with Gasteiger partial charge in [0.2, 0.25) is 5.91 Å². The Morgan fingerprint density at radius 2 is 2.27 bits per heavy atom. The van der Waals surface area contributed by atoms with E-state index < -0.39 is 6.04 Å². The van der Waals surface area contributed by atoms with Gasteiger partial charge >= 0.3 is 0 Å². The molecule has 15 heavy (non-hydrogen) atoms. The number of carbonyl (C=O) groups is 1. The summed E-state index contributed by atoms with van der Waals surface area (Å²) in [5, 5.41) is 3.35. The molecule has 3 N–H and O–H groups in total. The van der Waals surface area contributed by atoms with Crippen molar-refractivity contribution in [3.05, 3.63) is 28.8 Å². The number of hydrogen-bond acceptors (Lipinski definition) is 2. The predicted molar refractivity (Wildman–Crippen MR) is 63.1 cm³/mol. The van der Waals surface area contributed by atoms with E-state index >= 15 is 0 Å². The second-order valence-electron chi connectivity index (χ2n) is 3.47. The van der Waals surface area contributed by atoms with E-state index in [1.54, 1.807) is 6.07 Å². The van der Waals surface area contributed by atoms with Crippen molar-refractivity contribution < 1.29 is 4.79 Å². The zero-order valence-electron chi connectivity index (χ0n) is 8.88. The highest BCUT2D eigenvalue weighted by Crippen LogP contribution is 2.19. The Morgan fingerprint density at radius 3 is 2.80 bits per heavy atom. The fourth-order valence-corrected chi connectivity index (χ4v) is 1.27. The molecule has 3 nitrogen and oxygen atoms in total. The van der Waals surface area contributed by atoms with Crippen molar-refractivity contribution in [2.45, 2.75) is 26.3 Å². The Morgan fingerprint density at radius 1 is 1.60 bits per heavy atom. The fraction of sp³-hybridized carbons (Fsp3) is 0.364. The quantitative estimate of drug-likeness (QED) is 0.831. The van der Waals surface area contributed by atoms with Gasteiger partial charge in [-0.1, -0.05) is 24.6 Å². The van der Waals surface area contributed by atoms with E-state index in [0.717, 1.165) is 5.56 Å². The minimum atomic E-state index is -0.468. The number of halogens is 1. The van der Waals surface area contributed by atoms with Crippen LogP contribution in [0.5, 0.6) is 0 Å². The molecule has 0 aromatic heterocycles. The highest BCUT2D eigenvalue weighted by Gasteiger charge is 2.10. The lowest BCUT2D eigenvalue weighted by Crippen LogP contribution is -2.34. The average Bonchev–Trinajstić information content (AvgIpc) is 2.22. The average molecular weight is 227 g/mol. The molecule has 1 atom stereocenters. The van der Waals surface area contributed by atoms with Crippen LogP contribution in [0.3, 0.4) is 0 Å². The first-order valence-electron chi connectivity index (χ1n) is 4.87. The van der Waals surface area contributed by atoms with Gasteiger partial charge in [0.1, 0.15) is 0 Å². The summed E-state index contributed by atoms with van der Waals surface area (Å²) in [6.45, 7) is 3.78. The van der Waals surface area contributed by atoms with Crippen LogP contribution >= 0.6 is 11.6 Å². The van der Waals surface area contributed by atoms with Crippen molar-refractivity contribution in [2.75, 3.05) is 5.32 Å². The molecule has 0 radical (unpaired) electrons. The summed E-state index contributed by atoms with van der Waals surface area (Å²) in [5.74, 6) is -0.183. The summed E-state index contributed by atoms with van der Waals surface area (Å²) >= 11 is 5.93. The van der Waals surface area contributed by atoms with Crippen LogP contribution < -0.4 is 11.1 Å². The summed E-state index contributed by atoms with van der Waals surface area (Å²) in [6.07, 6.45) is 0.616. The summed E-state index contributed by atoms with van der Waals surface area (Å²) in [6, 6.07) is 4.92.